The van der Waals surface area contributed by atoms with Crippen molar-refractivity contribution in [3.05, 3.63) is 81.4 Å². The average Bonchev–Trinajstić information content (AvgIpc) is 3.72. The van der Waals surface area contributed by atoms with Crippen LogP contribution in [0.2, 0.25) is 5.02 Å². The fraction of sp³-hybridized carbons (Fsp3) is 0.344. The number of nitrogens with two attached hydrogens (primary N) is 1. The van der Waals surface area contributed by atoms with Gasteiger partial charge in [0.15, 0.2) is 28.7 Å². The molecule has 2 atom stereocenters. The summed E-state index contributed by atoms with van der Waals surface area (Å²) < 4.78 is 30.7. The standard InChI is InChI=1S/C32H30ClFN2O6/c1-31(30(35)38)17-41-29-21(31)16-28(36-24(29)10-5-18-4-9-23(34)22(33)14-18)32(2,39)13-12-25(37)19-6-11-26(27(15-19)40-3)42-20-7-8-20/h4,6,9,11,14-16,20,39H,7-8,12-13,17H2,1-3H3,(H2,35,38)/t31-,32-/m0/s1. The Bertz CT molecular complexity index is 1640. The van der Waals surface area contributed by atoms with E-state index in [1.165, 1.54) is 32.2 Å². The van der Waals surface area contributed by atoms with Crippen LogP contribution in [-0.2, 0) is 15.8 Å². The lowest BCUT2D eigenvalue weighted by Crippen LogP contribution is -2.40. The maximum Gasteiger partial charge on any atom is 0.231 e. The number of Topliss-reactive ketones (excluding diaryl/α,β-unsaturated/α-hetero) is 1. The summed E-state index contributed by atoms with van der Waals surface area (Å²) in [4.78, 5) is 30.1. The number of methoxy groups -OCH3 is 1. The van der Waals surface area contributed by atoms with E-state index in [1.54, 1.807) is 31.2 Å². The Hall–Kier alpha value is -4.13. The number of carbonyl (C=O) groups is 2. The number of nitrogens with zero attached hydrogens (tertiary/aromatic N) is 1. The number of aliphatic hydroxyl groups is 1. The molecule has 2 aliphatic rings. The molecule has 0 unspecified atom stereocenters. The quantitative estimate of drug-likeness (QED) is 0.270. The maximum atomic E-state index is 13.6. The lowest BCUT2D eigenvalue weighted by molar-refractivity contribution is -0.123. The molecule has 2 aromatic carbocycles. The number of hydrogen-bond acceptors (Lipinski definition) is 7. The van der Waals surface area contributed by atoms with Crippen molar-refractivity contribution in [1.82, 2.24) is 4.98 Å². The number of hydrogen-bond donors (Lipinski definition) is 2. The molecule has 8 nitrogen and oxygen atoms in total. The first kappa shape index (κ1) is 29.4. The molecular formula is C32H30ClFN2O6. The number of primary amides is 1. The second-order valence-corrected chi connectivity index (χ2v) is 11.4. The number of benzene rings is 2. The summed E-state index contributed by atoms with van der Waals surface area (Å²) in [5, 5.41) is 11.4. The van der Waals surface area contributed by atoms with Crippen LogP contribution in [-0.4, -0.2) is 41.6 Å². The summed E-state index contributed by atoms with van der Waals surface area (Å²) in [7, 11) is 1.52. The number of fused-ring (bicyclic) bond motifs is 1. The summed E-state index contributed by atoms with van der Waals surface area (Å²) in [6, 6.07) is 10.6. The number of halogens is 2. The first-order valence-corrected chi connectivity index (χ1v) is 13.8. The highest BCUT2D eigenvalue weighted by Crippen LogP contribution is 2.42. The largest absolute Gasteiger partial charge is 0.493 e. The summed E-state index contributed by atoms with van der Waals surface area (Å²) in [6.45, 7) is 3.16. The van der Waals surface area contributed by atoms with Gasteiger partial charge >= 0.3 is 0 Å². The Balaban J connectivity index is 1.43. The van der Waals surface area contributed by atoms with Gasteiger partial charge in [0, 0.05) is 23.1 Å². The van der Waals surface area contributed by atoms with Crippen LogP contribution in [0.4, 0.5) is 4.39 Å². The zero-order valence-electron chi connectivity index (χ0n) is 23.4. The summed E-state index contributed by atoms with van der Waals surface area (Å²) in [6.07, 6.45) is 2.19. The Kier molecular flexibility index (Phi) is 7.88. The van der Waals surface area contributed by atoms with E-state index in [2.05, 4.69) is 16.8 Å². The van der Waals surface area contributed by atoms with Crippen molar-refractivity contribution in [2.75, 3.05) is 13.7 Å². The van der Waals surface area contributed by atoms with Crippen molar-refractivity contribution in [2.45, 2.75) is 56.7 Å². The van der Waals surface area contributed by atoms with Gasteiger partial charge < -0.3 is 25.1 Å². The number of pyridine rings is 1. The number of ether oxygens (including phenoxy) is 3. The van der Waals surface area contributed by atoms with Crippen molar-refractivity contribution in [3.8, 4) is 29.1 Å². The molecule has 3 N–H and O–H groups in total. The predicted molar refractivity (Wildman–Crippen MR) is 153 cm³/mol. The molecule has 0 bridgehead atoms. The molecule has 10 heteroatoms. The van der Waals surface area contributed by atoms with Crippen molar-refractivity contribution in [2.24, 2.45) is 5.73 Å². The minimum Gasteiger partial charge on any atom is -0.493 e. The second-order valence-electron chi connectivity index (χ2n) is 11.0. The van der Waals surface area contributed by atoms with Crippen LogP contribution in [0.15, 0.2) is 42.5 Å². The third-order valence-corrected chi connectivity index (χ3v) is 7.85. The van der Waals surface area contributed by atoms with Crippen LogP contribution in [0, 0.1) is 17.7 Å². The molecule has 0 saturated heterocycles. The Morgan fingerprint density at radius 1 is 1.21 bits per heavy atom. The molecule has 1 aliphatic heterocycles. The molecule has 5 rings (SSSR count). The minimum atomic E-state index is -1.58. The van der Waals surface area contributed by atoms with E-state index in [0.29, 0.717) is 28.2 Å². The van der Waals surface area contributed by atoms with Crippen LogP contribution in [0.3, 0.4) is 0 Å². The maximum absolute atomic E-state index is 13.6. The van der Waals surface area contributed by atoms with Gasteiger partial charge in [0.05, 0.1) is 23.9 Å². The fourth-order valence-electron chi connectivity index (χ4n) is 4.59. The van der Waals surface area contributed by atoms with E-state index in [9.17, 15) is 19.1 Å². The highest BCUT2D eigenvalue weighted by Gasteiger charge is 2.44. The van der Waals surface area contributed by atoms with Gasteiger partial charge in [-0.15, -0.1) is 0 Å². The molecule has 1 aromatic heterocycles. The fourth-order valence-corrected chi connectivity index (χ4v) is 4.77. The summed E-state index contributed by atoms with van der Waals surface area (Å²) in [5.74, 6) is 5.72. The lowest BCUT2D eigenvalue weighted by atomic mass is 9.82. The molecule has 2 heterocycles. The molecule has 218 valence electrons. The molecule has 3 aromatic rings. The van der Waals surface area contributed by atoms with Crippen LogP contribution in [0.1, 0.15) is 72.4 Å². The van der Waals surface area contributed by atoms with E-state index in [1.807, 2.05) is 0 Å². The summed E-state index contributed by atoms with van der Waals surface area (Å²) in [5.41, 5.74) is 4.60. The number of aromatic nitrogens is 1. The average molecular weight is 593 g/mol. The molecule has 1 fully saturated rings. The Labute approximate surface area is 247 Å². The molecule has 1 saturated carbocycles. The summed E-state index contributed by atoms with van der Waals surface area (Å²) >= 11 is 5.89. The Morgan fingerprint density at radius 2 is 1.98 bits per heavy atom. The van der Waals surface area contributed by atoms with Gasteiger partial charge in [-0.25, -0.2) is 9.37 Å². The molecule has 1 aliphatic carbocycles. The number of rotatable bonds is 9. The molecular weight excluding hydrogens is 563 g/mol. The Morgan fingerprint density at radius 3 is 2.64 bits per heavy atom. The number of ketones is 1. The molecule has 0 spiro atoms. The van der Waals surface area contributed by atoms with Gasteiger partial charge in [-0.2, -0.15) is 0 Å². The SMILES string of the molecule is COc1cc(C(=O)CC[C@](C)(O)c2cc3c(c(C#Cc4ccc(F)c(Cl)c4)n2)OC[C@]3(C)C(N)=O)ccc1OC1CC1. The smallest absolute Gasteiger partial charge is 0.231 e. The monoisotopic (exact) mass is 592 g/mol. The van der Waals surface area contributed by atoms with Crippen molar-refractivity contribution >= 4 is 23.3 Å². The van der Waals surface area contributed by atoms with E-state index >= 15 is 0 Å². The third kappa shape index (κ3) is 5.91. The van der Waals surface area contributed by atoms with Crippen molar-refractivity contribution < 1.29 is 33.3 Å². The van der Waals surface area contributed by atoms with Gasteiger partial charge in [0.25, 0.3) is 0 Å². The zero-order valence-corrected chi connectivity index (χ0v) is 24.2. The van der Waals surface area contributed by atoms with Gasteiger partial charge in [-0.1, -0.05) is 17.5 Å². The molecule has 1 amide bonds. The molecule has 0 radical (unpaired) electrons. The van der Waals surface area contributed by atoms with Crippen molar-refractivity contribution in [1.29, 1.82) is 0 Å². The van der Waals surface area contributed by atoms with Gasteiger partial charge in [-0.05, 0) is 81.5 Å². The highest BCUT2D eigenvalue weighted by molar-refractivity contribution is 6.30. The number of amides is 1. The first-order chi connectivity index (χ1) is 19.9. The lowest BCUT2D eigenvalue weighted by Gasteiger charge is -2.25. The van der Waals surface area contributed by atoms with E-state index < -0.39 is 22.7 Å². The first-order valence-electron chi connectivity index (χ1n) is 13.5. The minimum absolute atomic E-state index is 0.00355. The van der Waals surface area contributed by atoms with Crippen LogP contribution >= 0.6 is 11.6 Å². The zero-order chi connectivity index (χ0) is 30.2. The third-order valence-electron chi connectivity index (χ3n) is 7.56. The van der Waals surface area contributed by atoms with Crippen LogP contribution in [0.5, 0.6) is 17.2 Å². The second kappa shape index (κ2) is 11.3. The predicted octanol–water partition coefficient (Wildman–Crippen LogP) is 4.83. The van der Waals surface area contributed by atoms with E-state index in [0.717, 1.165) is 12.8 Å². The van der Waals surface area contributed by atoms with E-state index in [4.69, 9.17) is 31.5 Å². The topological polar surface area (TPSA) is 121 Å². The van der Waals surface area contributed by atoms with Gasteiger partial charge in [-0.3, -0.25) is 9.59 Å². The molecule has 42 heavy (non-hydrogen) atoms. The van der Waals surface area contributed by atoms with Gasteiger partial charge in [0.2, 0.25) is 5.91 Å². The van der Waals surface area contributed by atoms with Crippen molar-refractivity contribution in [3.63, 3.8) is 0 Å². The normalized spacial score (nSPS) is 18.6. The van der Waals surface area contributed by atoms with Gasteiger partial charge in [0.1, 0.15) is 23.4 Å². The van der Waals surface area contributed by atoms with Crippen LogP contribution < -0.4 is 19.9 Å². The highest BCUT2D eigenvalue weighted by atomic mass is 35.5. The van der Waals surface area contributed by atoms with Crippen LogP contribution in [0.25, 0.3) is 0 Å². The van der Waals surface area contributed by atoms with E-state index in [-0.39, 0.29) is 53.5 Å². The number of carbonyl (C=O) groups excluding carboxylic acids is 2.